The van der Waals surface area contributed by atoms with Crippen LogP contribution in [-0.2, 0) is 0 Å². The highest BCUT2D eigenvalue weighted by molar-refractivity contribution is 6.01. The van der Waals surface area contributed by atoms with Crippen molar-refractivity contribution < 1.29 is 10.3 Å². The fraction of sp³-hybridized carbons (Fsp3) is 0.500. The van der Waals surface area contributed by atoms with Crippen molar-refractivity contribution in [3.8, 4) is 0 Å². The van der Waals surface area contributed by atoms with Gasteiger partial charge in [0.2, 0.25) is 0 Å². The van der Waals surface area contributed by atoms with Crippen LogP contribution in [0.1, 0.15) is 18.4 Å². The largest absolute Gasteiger partial charge is 0.409 e. The Balaban J connectivity index is 2.34. The maximum atomic E-state index is 9.06. The van der Waals surface area contributed by atoms with Gasteiger partial charge in [-0.2, -0.15) is 5.10 Å². The molecule has 0 amide bonds. The van der Waals surface area contributed by atoms with E-state index in [1.54, 1.807) is 6.07 Å². The summed E-state index contributed by atoms with van der Waals surface area (Å²) in [6, 6.07) is 2.01. The monoisotopic (exact) mass is 237 g/mol. The van der Waals surface area contributed by atoms with E-state index in [2.05, 4.69) is 15.4 Å². The molecule has 0 radical (unpaired) electrons. The van der Waals surface area contributed by atoms with Crippen LogP contribution in [-0.4, -0.2) is 45.5 Å². The first-order chi connectivity index (χ1) is 8.27. The van der Waals surface area contributed by atoms with E-state index in [1.165, 1.54) is 6.20 Å². The minimum atomic E-state index is -0.00140. The minimum absolute atomic E-state index is 0.00140. The summed E-state index contributed by atoms with van der Waals surface area (Å²) in [4.78, 5) is 1.94. The Kier molecular flexibility index (Phi) is 3.38. The number of amidine groups is 1. The van der Waals surface area contributed by atoms with E-state index in [1.807, 2.05) is 4.90 Å². The second-order valence-electron chi connectivity index (χ2n) is 3.90. The summed E-state index contributed by atoms with van der Waals surface area (Å²) in [6.07, 6.45) is 3.61. The van der Waals surface area contributed by atoms with Gasteiger partial charge in [0.15, 0.2) is 11.7 Å². The van der Waals surface area contributed by atoms with Crippen LogP contribution in [0.4, 0.5) is 5.82 Å². The molecule has 1 aliphatic carbocycles. The summed E-state index contributed by atoms with van der Waals surface area (Å²) in [5.74, 6) is 0.554. The van der Waals surface area contributed by atoms with Crippen LogP contribution >= 0.6 is 0 Å². The number of aliphatic hydroxyl groups is 1. The molecule has 7 heteroatoms. The zero-order chi connectivity index (χ0) is 12.3. The number of anilines is 1. The smallest absolute Gasteiger partial charge is 0.173 e. The highest BCUT2D eigenvalue weighted by Crippen LogP contribution is 2.31. The average Bonchev–Trinajstić information content (AvgIpc) is 3.19. The van der Waals surface area contributed by atoms with Crippen molar-refractivity contribution >= 4 is 11.7 Å². The molecular weight excluding hydrogens is 222 g/mol. The molecule has 4 N–H and O–H groups in total. The molecule has 17 heavy (non-hydrogen) atoms. The second kappa shape index (κ2) is 4.96. The molecule has 1 aromatic heterocycles. The lowest BCUT2D eigenvalue weighted by molar-refractivity contribution is 0.301. The summed E-state index contributed by atoms with van der Waals surface area (Å²) in [7, 11) is 0. The SMILES string of the molecule is N/C(=N/O)c1ccnnc1N(CCO)C1CC1. The molecule has 0 atom stereocenters. The van der Waals surface area contributed by atoms with Gasteiger partial charge in [0, 0.05) is 12.6 Å². The molecule has 2 rings (SSSR count). The number of hydrogen-bond donors (Lipinski definition) is 3. The molecule has 0 aliphatic heterocycles. The highest BCUT2D eigenvalue weighted by atomic mass is 16.4. The van der Waals surface area contributed by atoms with Gasteiger partial charge >= 0.3 is 0 Å². The summed E-state index contributed by atoms with van der Waals surface area (Å²) in [5.41, 5.74) is 6.12. The number of oxime groups is 1. The summed E-state index contributed by atoms with van der Waals surface area (Å²) < 4.78 is 0. The molecule has 0 bridgehead atoms. The molecule has 0 aromatic carbocycles. The van der Waals surface area contributed by atoms with Gasteiger partial charge in [-0.15, -0.1) is 5.10 Å². The van der Waals surface area contributed by atoms with Crippen molar-refractivity contribution in [2.45, 2.75) is 18.9 Å². The van der Waals surface area contributed by atoms with E-state index in [0.29, 0.717) is 24.0 Å². The van der Waals surface area contributed by atoms with Gasteiger partial charge in [-0.25, -0.2) is 0 Å². The number of aromatic nitrogens is 2. The molecule has 1 fully saturated rings. The first-order valence-electron chi connectivity index (χ1n) is 5.45. The van der Waals surface area contributed by atoms with Gasteiger partial charge in [0.05, 0.1) is 18.4 Å². The van der Waals surface area contributed by atoms with Crippen LogP contribution in [0.2, 0.25) is 0 Å². The van der Waals surface area contributed by atoms with Gasteiger partial charge in [-0.1, -0.05) is 5.16 Å². The Morgan fingerprint density at radius 3 is 2.94 bits per heavy atom. The van der Waals surface area contributed by atoms with Crippen LogP contribution < -0.4 is 10.6 Å². The average molecular weight is 237 g/mol. The molecule has 1 saturated carbocycles. The van der Waals surface area contributed by atoms with Crippen molar-refractivity contribution in [3.63, 3.8) is 0 Å². The molecule has 7 nitrogen and oxygen atoms in total. The van der Waals surface area contributed by atoms with E-state index >= 15 is 0 Å². The Labute approximate surface area is 98.6 Å². The van der Waals surface area contributed by atoms with Gasteiger partial charge in [-0.05, 0) is 18.9 Å². The Hall–Kier alpha value is -1.89. The van der Waals surface area contributed by atoms with E-state index in [9.17, 15) is 0 Å². The van der Waals surface area contributed by atoms with Gasteiger partial charge < -0.3 is 20.9 Å². The van der Waals surface area contributed by atoms with Crippen LogP contribution in [0.15, 0.2) is 17.4 Å². The summed E-state index contributed by atoms with van der Waals surface area (Å²) in [5, 5.41) is 28.6. The van der Waals surface area contributed by atoms with Crippen molar-refractivity contribution in [1.29, 1.82) is 0 Å². The number of nitrogens with two attached hydrogens (primary N) is 1. The summed E-state index contributed by atoms with van der Waals surface area (Å²) >= 11 is 0. The zero-order valence-electron chi connectivity index (χ0n) is 9.32. The number of aliphatic hydroxyl groups excluding tert-OH is 1. The number of nitrogens with zero attached hydrogens (tertiary/aromatic N) is 4. The van der Waals surface area contributed by atoms with Crippen molar-refractivity contribution in [2.24, 2.45) is 10.9 Å². The molecular formula is C10H15N5O2. The third kappa shape index (κ3) is 2.44. The predicted molar refractivity (Wildman–Crippen MR) is 62.0 cm³/mol. The first kappa shape index (κ1) is 11.6. The third-order valence-corrected chi connectivity index (χ3v) is 2.69. The fourth-order valence-corrected chi connectivity index (χ4v) is 1.75. The first-order valence-corrected chi connectivity index (χ1v) is 5.45. The minimum Gasteiger partial charge on any atom is -0.409 e. The molecule has 92 valence electrons. The normalized spacial score (nSPS) is 15.9. The van der Waals surface area contributed by atoms with E-state index in [4.69, 9.17) is 16.0 Å². The van der Waals surface area contributed by atoms with Crippen LogP contribution in [0.25, 0.3) is 0 Å². The lowest BCUT2D eigenvalue weighted by Crippen LogP contribution is -2.32. The lowest BCUT2D eigenvalue weighted by atomic mass is 10.2. The maximum Gasteiger partial charge on any atom is 0.173 e. The molecule has 0 spiro atoms. The maximum absolute atomic E-state index is 9.06. The molecule has 1 aromatic rings. The molecule has 0 unspecified atom stereocenters. The summed E-state index contributed by atoms with van der Waals surface area (Å²) in [6.45, 7) is 0.498. The molecule has 1 heterocycles. The third-order valence-electron chi connectivity index (χ3n) is 2.69. The van der Waals surface area contributed by atoms with E-state index < -0.39 is 0 Å². The van der Waals surface area contributed by atoms with Crippen molar-refractivity contribution in [1.82, 2.24) is 10.2 Å². The Morgan fingerprint density at radius 2 is 2.35 bits per heavy atom. The van der Waals surface area contributed by atoms with E-state index in [0.717, 1.165) is 12.8 Å². The van der Waals surface area contributed by atoms with Gasteiger partial charge in [0.1, 0.15) is 0 Å². The zero-order valence-corrected chi connectivity index (χ0v) is 9.32. The lowest BCUT2D eigenvalue weighted by Gasteiger charge is -2.23. The van der Waals surface area contributed by atoms with Crippen molar-refractivity contribution in [2.75, 3.05) is 18.1 Å². The van der Waals surface area contributed by atoms with Crippen LogP contribution in [0, 0.1) is 0 Å². The fourth-order valence-electron chi connectivity index (χ4n) is 1.75. The Morgan fingerprint density at radius 1 is 1.59 bits per heavy atom. The molecule has 1 aliphatic rings. The number of hydrogen-bond acceptors (Lipinski definition) is 6. The molecule has 0 saturated heterocycles. The van der Waals surface area contributed by atoms with Crippen LogP contribution in [0.5, 0.6) is 0 Å². The predicted octanol–water partition coefficient (Wildman–Crippen LogP) is -0.468. The van der Waals surface area contributed by atoms with Gasteiger partial charge in [0.25, 0.3) is 0 Å². The number of rotatable bonds is 5. The highest BCUT2D eigenvalue weighted by Gasteiger charge is 2.31. The topological polar surface area (TPSA) is 108 Å². The second-order valence-corrected chi connectivity index (χ2v) is 3.90. The quantitative estimate of drug-likeness (QED) is 0.276. The Bertz CT molecular complexity index is 419. The van der Waals surface area contributed by atoms with Crippen LogP contribution in [0.3, 0.4) is 0 Å². The van der Waals surface area contributed by atoms with Crippen molar-refractivity contribution in [3.05, 3.63) is 17.8 Å². The van der Waals surface area contributed by atoms with Gasteiger partial charge in [-0.3, -0.25) is 0 Å². The van der Waals surface area contributed by atoms with E-state index in [-0.39, 0.29) is 12.4 Å². The standard InChI is InChI=1S/C10H15N5O2/c11-9(14-17)8-3-4-12-13-10(8)15(5-6-16)7-1-2-7/h3-4,7,16-17H,1-2,5-6H2,(H2,11,14).